The largest absolute Gasteiger partial charge is 0.477 e. The number of hydrogen-bond acceptors (Lipinski definition) is 4. The number of rotatable bonds is 6. The standard InChI is InChI=1S/C16H17NO3S2/c1-10-4-6-12(7-5-10)21-9-22-15-11(2)17(3)14(16(19)20)13(15)8-18/h4-8H,9H2,1-3H3,(H,19,20). The second-order valence-corrected chi connectivity index (χ2v) is 7.28. The van der Waals surface area contributed by atoms with Gasteiger partial charge in [0.05, 0.1) is 5.56 Å². The topological polar surface area (TPSA) is 59.3 Å². The molecule has 0 aliphatic heterocycles. The average molecular weight is 335 g/mol. The van der Waals surface area contributed by atoms with E-state index in [1.54, 1.807) is 23.4 Å². The van der Waals surface area contributed by atoms with Crippen molar-refractivity contribution in [2.75, 3.05) is 5.08 Å². The van der Waals surface area contributed by atoms with Crippen molar-refractivity contribution >= 4 is 35.8 Å². The summed E-state index contributed by atoms with van der Waals surface area (Å²) < 4.78 is 1.56. The fraction of sp³-hybridized carbons (Fsp3) is 0.250. The number of hydrogen-bond donors (Lipinski definition) is 1. The fourth-order valence-electron chi connectivity index (χ4n) is 2.14. The fourth-order valence-corrected chi connectivity index (χ4v) is 4.37. The molecule has 0 spiro atoms. The summed E-state index contributed by atoms with van der Waals surface area (Å²) >= 11 is 3.16. The van der Waals surface area contributed by atoms with Crippen LogP contribution in [0.15, 0.2) is 34.1 Å². The van der Waals surface area contributed by atoms with Crippen molar-refractivity contribution in [2.45, 2.75) is 23.6 Å². The van der Waals surface area contributed by atoms with E-state index in [4.69, 9.17) is 0 Å². The van der Waals surface area contributed by atoms with Crippen LogP contribution in [0.4, 0.5) is 0 Å². The second kappa shape index (κ2) is 7.07. The van der Waals surface area contributed by atoms with Gasteiger partial charge >= 0.3 is 5.97 Å². The highest BCUT2D eigenvalue weighted by Crippen LogP contribution is 2.34. The summed E-state index contributed by atoms with van der Waals surface area (Å²) in [6, 6.07) is 8.23. The first kappa shape index (κ1) is 16.7. The number of aromatic nitrogens is 1. The second-order valence-electron chi connectivity index (χ2n) is 4.88. The molecule has 1 heterocycles. The molecule has 0 bridgehead atoms. The van der Waals surface area contributed by atoms with Crippen LogP contribution in [0, 0.1) is 13.8 Å². The lowest BCUT2D eigenvalue weighted by atomic mass is 10.2. The number of aldehydes is 1. The zero-order valence-corrected chi connectivity index (χ0v) is 14.3. The number of carboxylic acid groups (broad SMARTS) is 1. The minimum absolute atomic E-state index is 0.0512. The Kier molecular flexibility index (Phi) is 5.37. The molecule has 2 rings (SSSR count). The monoisotopic (exact) mass is 335 g/mol. The highest BCUT2D eigenvalue weighted by molar-refractivity contribution is 8.16. The summed E-state index contributed by atoms with van der Waals surface area (Å²) in [5.74, 6) is -1.08. The highest BCUT2D eigenvalue weighted by Gasteiger charge is 2.23. The third-order valence-electron chi connectivity index (χ3n) is 3.44. The number of aryl methyl sites for hydroxylation is 1. The van der Waals surface area contributed by atoms with Gasteiger partial charge in [-0.05, 0) is 26.0 Å². The third kappa shape index (κ3) is 3.39. The van der Waals surface area contributed by atoms with Gasteiger partial charge in [-0.25, -0.2) is 4.79 Å². The summed E-state index contributed by atoms with van der Waals surface area (Å²) in [4.78, 5) is 24.5. The summed E-state index contributed by atoms with van der Waals surface area (Å²) in [5.41, 5.74) is 2.33. The van der Waals surface area contributed by atoms with Crippen molar-refractivity contribution in [1.29, 1.82) is 0 Å². The van der Waals surface area contributed by atoms with Crippen molar-refractivity contribution in [2.24, 2.45) is 7.05 Å². The number of nitrogens with zero attached hydrogens (tertiary/aromatic N) is 1. The Morgan fingerprint density at radius 3 is 2.41 bits per heavy atom. The van der Waals surface area contributed by atoms with Crippen molar-refractivity contribution < 1.29 is 14.7 Å². The molecule has 0 aliphatic carbocycles. The van der Waals surface area contributed by atoms with Crippen LogP contribution < -0.4 is 0 Å². The maximum absolute atomic E-state index is 11.3. The molecule has 1 aromatic carbocycles. The van der Waals surface area contributed by atoms with E-state index in [2.05, 4.69) is 24.3 Å². The van der Waals surface area contributed by atoms with Gasteiger partial charge in [-0.2, -0.15) is 0 Å². The third-order valence-corrected chi connectivity index (χ3v) is 5.79. The quantitative estimate of drug-likeness (QED) is 0.491. The summed E-state index contributed by atoms with van der Waals surface area (Å²) in [5, 5.41) is 9.97. The van der Waals surface area contributed by atoms with Gasteiger partial charge in [0.2, 0.25) is 0 Å². The van der Waals surface area contributed by atoms with Crippen LogP contribution in [0.5, 0.6) is 0 Å². The average Bonchev–Trinajstić information content (AvgIpc) is 2.73. The Bertz CT molecular complexity index is 705. The van der Waals surface area contributed by atoms with Gasteiger partial charge in [0.15, 0.2) is 6.29 Å². The molecule has 0 saturated carbocycles. The molecule has 0 fully saturated rings. The van der Waals surface area contributed by atoms with Crippen LogP contribution in [0.25, 0.3) is 0 Å². The van der Waals surface area contributed by atoms with Crippen molar-refractivity contribution in [3.05, 3.63) is 46.8 Å². The molecule has 0 amide bonds. The van der Waals surface area contributed by atoms with E-state index in [0.29, 0.717) is 11.4 Å². The Hall–Kier alpha value is -1.66. The zero-order valence-electron chi connectivity index (χ0n) is 12.6. The molecule has 0 atom stereocenters. The van der Waals surface area contributed by atoms with Crippen LogP contribution in [0.3, 0.4) is 0 Å². The summed E-state index contributed by atoms with van der Waals surface area (Å²) in [7, 11) is 1.67. The predicted molar refractivity (Wildman–Crippen MR) is 90.3 cm³/mol. The molecule has 0 aliphatic rings. The maximum Gasteiger partial charge on any atom is 0.353 e. The maximum atomic E-state index is 11.3. The van der Waals surface area contributed by atoms with E-state index in [1.165, 1.54) is 17.3 Å². The molecule has 22 heavy (non-hydrogen) atoms. The highest BCUT2D eigenvalue weighted by atomic mass is 32.2. The van der Waals surface area contributed by atoms with E-state index < -0.39 is 5.97 Å². The van der Waals surface area contributed by atoms with Gasteiger partial charge in [0.1, 0.15) is 5.69 Å². The Morgan fingerprint density at radius 2 is 1.86 bits per heavy atom. The Labute approximate surface area is 137 Å². The number of carboxylic acids is 1. The molecule has 1 N–H and O–H groups in total. The molecule has 4 nitrogen and oxygen atoms in total. The van der Waals surface area contributed by atoms with Gasteiger partial charge in [-0.3, -0.25) is 4.79 Å². The molecule has 6 heteroatoms. The Balaban J connectivity index is 2.16. The Morgan fingerprint density at radius 1 is 1.23 bits per heavy atom. The van der Waals surface area contributed by atoms with Gasteiger partial charge < -0.3 is 9.67 Å². The first-order valence-electron chi connectivity index (χ1n) is 6.65. The van der Waals surface area contributed by atoms with Gasteiger partial charge in [-0.1, -0.05) is 17.7 Å². The molecule has 0 saturated heterocycles. The number of carbonyl (C=O) groups is 2. The van der Waals surface area contributed by atoms with Crippen LogP contribution >= 0.6 is 23.5 Å². The number of carbonyl (C=O) groups excluding carboxylic acids is 1. The molecular formula is C16H17NO3S2. The molecule has 116 valence electrons. The van der Waals surface area contributed by atoms with Gasteiger partial charge in [0, 0.05) is 27.6 Å². The lowest BCUT2D eigenvalue weighted by Crippen LogP contribution is -2.07. The normalized spacial score (nSPS) is 10.7. The number of benzene rings is 1. The van der Waals surface area contributed by atoms with Crippen LogP contribution in [-0.2, 0) is 7.05 Å². The van der Waals surface area contributed by atoms with Crippen molar-refractivity contribution in [3.8, 4) is 0 Å². The van der Waals surface area contributed by atoms with Crippen LogP contribution in [-0.4, -0.2) is 27.0 Å². The van der Waals surface area contributed by atoms with Crippen molar-refractivity contribution in [3.63, 3.8) is 0 Å². The number of thioether (sulfide) groups is 2. The zero-order chi connectivity index (χ0) is 16.3. The van der Waals surface area contributed by atoms with E-state index >= 15 is 0 Å². The SMILES string of the molecule is Cc1ccc(SCSc2c(C=O)c(C(=O)O)n(C)c2C)cc1. The summed E-state index contributed by atoms with van der Waals surface area (Å²) in [6.45, 7) is 3.87. The molecule has 0 unspecified atom stereocenters. The van der Waals surface area contributed by atoms with Crippen LogP contribution in [0.1, 0.15) is 32.1 Å². The molecule has 0 radical (unpaired) electrons. The molecule has 2 aromatic rings. The molecular weight excluding hydrogens is 318 g/mol. The summed E-state index contributed by atoms with van der Waals surface area (Å²) in [6.07, 6.45) is 0.634. The first-order chi connectivity index (χ1) is 10.5. The van der Waals surface area contributed by atoms with E-state index in [-0.39, 0.29) is 11.3 Å². The molecule has 1 aromatic heterocycles. The predicted octanol–water partition coefficient (Wildman–Crippen LogP) is 3.99. The van der Waals surface area contributed by atoms with Crippen molar-refractivity contribution in [1.82, 2.24) is 4.57 Å². The van der Waals surface area contributed by atoms with E-state index in [1.807, 2.05) is 13.8 Å². The van der Waals surface area contributed by atoms with E-state index in [9.17, 15) is 14.7 Å². The minimum Gasteiger partial charge on any atom is -0.477 e. The lowest BCUT2D eigenvalue weighted by molar-refractivity contribution is 0.0683. The first-order valence-corrected chi connectivity index (χ1v) is 8.62. The lowest BCUT2D eigenvalue weighted by Gasteiger charge is -2.04. The minimum atomic E-state index is -1.08. The smallest absolute Gasteiger partial charge is 0.353 e. The van der Waals surface area contributed by atoms with Gasteiger partial charge in [-0.15, -0.1) is 23.5 Å². The van der Waals surface area contributed by atoms with Crippen LogP contribution in [0.2, 0.25) is 0 Å². The van der Waals surface area contributed by atoms with Gasteiger partial charge in [0.25, 0.3) is 0 Å². The van der Waals surface area contributed by atoms with E-state index in [0.717, 1.165) is 15.5 Å². The number of aromatic carboxylic acids is 1.